The third kappa shape index (κ3) is 4.19. The van der Waals surface area contributed by atoms with Crippen molar-refractivity contribution in [2.24, 2.45) is 0 Å². The number of hydrogen-bond acceptors (Lipinski definition) is 2. The predicted octanol–water partition coefficient (Wildman–Crippen LogP) is 14.7. The van der Waals surface area contributed by atoms with Crippen LogP contribution in [0.4, 0.5) is 0 Å². The molecule has 276 valence electrons. The Labute approximate surface area is 343 Å². The molecule has 0 radical (unpaired) electrons. The fourth-order valence-electron chi connectivity index (χ4n) is 10.5. The van der Waals surface area contributed by atoms with Gasteiger partial charge < -0.3 is 4.57 Å². The third-order valence-corrected chi connectivity index (χ3v) is 13.0. The molecule has 11 aromatic carbocycles. The Bertz CT molecular complexity index is 4120. The minimum absolute atomic E-state index is 0.662. The summed E-state index contributed by atoms with van der Waals surface area (Å²) in [5.41, 5.74) is 8.64. The molecule has 0 fully saturated rings. The van der Waals surface area contributed by atoms with E-state index in [1.807, 2.05) is 0 Å². The molecule has 4 nitrogen and oxygen atoms in total. The highest BCUT2D eigenvalue weighted by Crippen LogP contribution is 2.49. The number of rotatable bonds is 3. The summed E-state index contributed by atoms with van der Waals surface area (Å²) in [6.45, 7) is 0. The van der Waals surface area contributed by atoms with Crippen molar-refractivity contribution in [1.82, 2.24) is 19.1 Å². The van der Waals surface area contributed by atoms with Gasteiger partial charge in [0.05, 0.1) is 33.3 Å². The first-order chi connectivity index (χ1) is 29.8. The van der Waals surface area contributed by atoms with Crippen LogP contribution in [0.2, 0.25) is 0 Å². The standard InChI is InChI=1S/C56H32N4/c1-2-15-34(16-3-1)55-39-18-6-9-25-46(39)57-56(58-55)60-48-27-11-8-20-41(48)54-43-24-13-22-38-37-21-12-23-42-51(37)44(45(52(38)43)32-50(54)60)31-49-53(42)40-19-7-10-26-47(40)59(49)36-29-28-33-14-4-5-17-35(33)30-36/h1-32H. The van der Waals surface area contributed by atoms with Crippen molar-refractivity contribution in [2.75, 3.05) is 0 Å². The predicted molar refractivity (Wildman–Crippen MR) is 252 cm³/mol. The molecule has 0 aliphatic rings. The van der Waals surface area contributed by atoms with Crippen molar-refractivity contribution in [3.63, 3.8) is 0 Å². The van der Waals surface area contributed by atoms with Gasteiger partial charge in [-0.15, -0.1) is 0 Å². The van der Waals surface area contributed by atoms with Gasteiger partial charge in [-0.05, 0) is 96.3 Å². The largest absolute Gasteiger partial charge is 0.309 e. The Morgan fingerprint density at radius 2 is 0.833 bits per heavy atom. The summed E-state index contributed by atoms with van der Waals surface area (Å²) in [7, 11) is 0. The minimum atomic E-state index is 0.662. The van der Waals surface area contributed by atoms with Gasteiger partial charge in [-0.2, -0.15) is 0 Å². The van der Waals surface area contributed by atoms with Crippen LogP contribution in [0.5, 0.6) is 0 Å². The van der Waals surface area contributed by atoms with Crippen LogP contribution in [0, 0.1) is 0 Å². The van der Waals surface area contributed by atoms with Gasteiger partial charge in [-0.3, -0.25) is 4.57 Å². The number of para-hydroxylation sites is 3. The van der Waals surface area contributed by atoms with Gasteiger partial charge in [-0.25, -0.2) is 9.97 Å². The summed E-state index contributed by atoms with van der Waals surface area (Å²) in [6.07, 6.45) is 0. The van der Waals surface area contributed by atoms with Gasteiger partial charge in [0.25, 0.3) is 0 Å². The highest BCUT2D eigenvalue weighted by Gasteiger charge is 2.24. The van der Waals surface area contributed by atoms with Crippen LogP contribution in [-0.2, 0) is 0 Å². The van der Waals surface area contributed by atoms with E-state index in [4.69, 9.17) is 9.97 Å². The van der Waals surface area contributed by atoms with Gasteiger partial charge in [0.15, 0.2) is 0 Å². The van der Waals surface area contributed by atoms with E-state index in [0.717, 1.165) is 38.9 Å². The smallest absolute Gasteiger partial charge is 0.235 e. The molecular formula is C56H32N4. The van der Waals surface area contributed by atoms with E-state index in [-0.39, 0.29) is 0 Å². The molecule has 0 aliphatic carbocycles. The minimum Gasteiger partial charge on any atom is -0.309 e. The average molecular weight is 761 g/mol. The number of fused-ring (bicyclic) bond motifs is 12. The van der Waals surface area contributed by atoms with Crippen molar-refractivity contribution in [2.45, 2.75) is 0 Å². The summed E-state index contributed by atoms with van der Waals surface area (Å²) >= 11 is 0. The van der Waals surface area contributed by atoms with Crippen molar-refractivity contribution in [3.05, 3.63) is 194 Å². The summed E-state index contributed by atoms with van der Waals surface area (Å²) < 4.78 is 4.77. The molecule has 3 heterocycles. The van der Waals surface area contributed by atoms with Gasteiger partial charge in [0.2, 0.25) is 5.95 Å². The first kappa shape index (κ1) is 31.9. The van der Waals surface area contributed by atoms with E-state index in [1.54, 1.807) is 0 Å². The zero-order chi connectivity index (χ0) is 39.1. The van der Waals surface area contributed by atoms with E-state index in [9.17, 15) is 0 Å². The second-order valence-electron chi connectivity index (χ2n) is 16.1. The Morgan fingerprint density at radius 3 is 1.53 bits per heavy atom. The quantitative estimate of drug-likeness (QED) is 0.133. The molecular weight excluding hydrogens is 729 g/mol. The lowest BCUT2D eigenvalue weighted by Crippen LogP contribution is -2.03. The average Bonchev–Trinajstić information content (AvgIpc) is 3.83. The van der Waals surface area contributed by atoms with E-state index >= 15 is 0 Å². The Morgan fingerprint density at radius 1 is 0.300 bits per heavy atom. The van der Waals surface area contributed by atoms with Crippen LogP contribution in [0.1, 0.15) is 0 Å². The fraction of sp³-hybridized carbons (Fsp3) is 0. The lowest BCUT2D eigenvalue weighted by atomic mass is 9.87. The van der Waals surface area contributed by atoms with Crippen LogP contribution >= 0.6 is 0 Å². The van der Waals surface area contributed by atoms with Crippen LogP contribution < -0.4 is 0 Å². The van der Waals surface area contributed by atoms with Crippen LogP contribution in [0.25, 0.3) is 131 Å². The molecule has 0 saturated carbocycles. The summed E-state index contributed by atoms with van der Waals surface area (Å²) in [5.74, 6) is 0.662. The molecule has 0 saturated heterocycles. The summed E-state index contributed by atoms with van der Waals surface area (Å²) in [4.78, 5) is 10.8. The van der Waals surface area contributed by atoms with E-state index < -0.39 is 0 Å². The van der Waals surface area contributed by atoms with E-state index in [1.165, 1.54) is 86.4 Å². The Kier molecular flexibility index (Phi) is 6.26. The number of nitrogens with zero attached hydrogens (tertiary/aromatic N) is 4. The molecule has 0 atom stereocenters. The molecule has 60 heavy (non-hydrogen) atoms. The van der Waals surface area contributed by atoms with Gasteiger partial charge in [0.1, 0.15) is 0 Å². The maximum absolute atomic E-state index is 5.44. The van der Waals surface area contributed by atoms with Crippen molar-refractivity contribution in [1.29, 1.82) is 0 Å². The molecule has 0 N–H and O–H groups in total. The monoisotopic (exact) mass is 760 g/mol. The third-order valence-electron chi connectivity index (χ3n) is 13.0. The normalized spacial score (nSPS) is 12.3. The fourth-order valence-corrected chi connectivity index (χ4v) is 10.5. The topological polar surface area (TPSA) is 35.6 Å². The second-order valence-corrected chi connectivity index (χ2v) is 16.1. The highest BCUT2D eigenvalue weighted by molar-refractivity contribution is 6.41. The number of benzene rings is 11. The second kappa shape index (κ2) is 11.8. The SMILES string of the molecule is c1ccc(-c2nc(-n3c4ccccc4c4c5cccc6c7cccc8c7c(cc7c8c8ccccc8n7-c7ccc8ccccc8c7)c(cc43)c65)nc3ccccc23)cc1. The lowest BCUT2D eigenvalue weighted by Gasteiger charge is -2.17. The number of hydrogen-bond donors (Lipinski definition) is 0. The van der Waals surface area contributed by atoms with Crippen molar-refractivity contribution in [3.8, 4) is 22.9 Å². The Balaban J connectivity index is 1.17. The van der Waals surface area contributed by atoms with Crippen LogP contribution in [0.3, 0.4) is 0 Å². The van der Waals surface area contributed by atoms with Gasteiger partial charge in [0, 0.05) is 38.2 Å². The van der Waals surface area contributed by atoms with Gasteiger partial charge in [-0.1, -0.05) is 152 Å². The zero-order valence-electron chi connectivity index (χ0n) is 32.3. The molecule has 0 spiro atoms. The van der Waals surface area contributed by atoms with Crippen LogP contribution in [0.15, 0.2) is 194 Å². The van der Waals surface area contributed by atoms with E-state index in [0.29, 0.717) is 5.95 Å². The molecule has 0 bridgehead atoms. The van der Waals surface area contributed by atoms with Gasteiger partial charge >= 0.3 is 0 Å². The van der Waals surface area contributed by atoms with Crippen molar-refractivity contribution >= 4 is 108 Å². The highest BCUT2D eigenvalue weighted by atomic mass is 15.2. The molecule has 0 aliphatic heterocycles. The molecule has 14 aromatic rings. The number of aromatic nitrogens is 4. The lowest BCUT2D eigenvalue weighted by molar-refractivity contribution is 1.01. The first-order valence-electron chi connectivity index (χ1n) is 20.6. The molecule has 0 unspecified atom stereocenters. The summed E-state index contributed by atoms with van der Waals surface area (Å²) in [5, 5.41) is 18.5. The Hall–Kier alpha value is -8.08. The zero-order valence-corrected chi connectivity index (χ0v) is 32.3. The molecule has 0 amide bonds. The van der Waals surface area contributed by atoms with Crippen LogP contribution in [-0.4, -0.2) is 19.1 Å². The van der Waals surface area contributed by atoms with E-state index in [2.05, 4.69) is 203 Å². The maximum atomic E-state index is 5.44. The molecule has 4 heteroatoms. The summed E-state index contributed by atoms with van der Waals surface area (Å²) in [6, 6.07) is 70.6. The first-order valence-corrected chi connectivity index (χ1v) is 20.6. The molecule has 3 aromatic heterocycles. The van der Waals surface area contributed by atoms with Crippen molar-refractivity contribution < 1.29 is 0 Å². The molecule has 14 rings (SSSR count). The maximum Gasteiger partial charge on any atom is 0.235 e.